The zero-order chi connectivity index (χ0) is 6.62. The molecule has 50 valence electrons. The van der Waals surface area contributed by atoms with E-state index in [2.05, 4.69) is 15.9 Å². The SMILES string of the molecule is NC(CO)(CO)CBr. The maximum atomic E-state index is 8.47. The van der Waals surface area contributed by atoms with Gasteiger partial charge in [0.1, 0.15) is 0 Å². The van der Waals surface area contributed by atoms with Crippen LogP contribution in [0.25, 0.3) is 0 Å². The summed E-state index contributed by atoms with van der Waals surface area (Å²) in [6, 6.07) is 0. The van der Waals surface area contributed by atoms with E-state index in [9.17, 15) is 0 Å². The minimum absolute atomic E-state index is 0.200. The maximum absolute atomic E-state index is 8.47. The lowest BCUT2D eigenvalue weighted by Crippen LogP contribution is -2.48. The Morgan fingerprint density at radius 2 is 1.75 bits per heavy atom. The van der Waals surface area contributed by atoms with E-state index < -0.39 is 5.54 Å². The average Bonchev–Trinajstić information content (AvgIpc) is 1.87. The quantitative estimate of drug-likeness (QED) is 0.496. The molecule has 4 N–H and O–H groups in total. The van der Waals surface area contributed by atoms with Crippen LogP contribution in [0.4, 0.5) is 0 Å². The second-order valence-corrected chi connectivity index (χ2v) is 2.37. The number of hydrogen-bond donors (Lipinski definition) is 3. The van der Waals surface area contributed by atoms with Crippen molar-refractivity contribution in [2.24, 2.45) is 5.73 Å². The summed E-state index contributed by atoms with van der Waals surface area (Å²) in [5.74, 6) is 0. The number of aliphatic hydroxyl groups excluding tert-OH is 2. The number of alkyl halides is 1. The molecule has 0 fully saturated rings. The fourth-order valence-corrected chi connectivity index (χ4v) is 0.489. The highest BCUT2D eigenvalue weighted by atomic mass is 79.9. The summed E-state index contributed by atoms with van der Waals surface area (Å²) in [5.41, 5.74) is 4.50. The molecule has 0 unspecified atom stereocenters. The Hall–Kier alpha value is 0.360. The molecule has 0 saturated heterocycles. The Kier molecular flexibility index (Phi) is 3.55. The van der Waals surface area contributed by atoms with Gasteiger partial charge in [-0.15, -0.1) is 0 Å². The van der Waals surface area contributed by atoms with E-state index in [0.717, 1.165) is 0 Å². The Labute approximate surface area is 56.6 Å². The first-order chi connectivity index (χ1) is 3.68. The lowest BCUT2D eigenvalue weighted by molar-refractivity contribution is 0.138. The Bertz CT molecular complexity index is 56.8. The molecule has 3 nitrogen and oxygen atoms in total. The van der Waals surface area contributed by atoms with E-state index in [4.69, 9.17) is 15.9 Å². The topological polar surface area (TPSA) is 66.5 Å². The van der Waals surface area contributed by atoms with Crippen molar-refractivity contribution in [3.05, 3.63) is 0 Å². The van der Waals surface area contributed by atoms with E-state index in [1.165, 1.54) is 0 Å². The second-order valence-electron chi connectivity index (χ2n) is 1.81. The first kappa shape index (κ1) is 8.36. The van der Waals surface area contributed by atoms with Crippen LogP contribution >= 0.6 is 15.9 Å². The minimum Gasteiger partial charge on any atom is -0.394 e. The highest BCUT2D eigenvalue weighted by Gasteiger charge is 2.20. The molecule has 8 heavy (non-hydrogen) atoms. The van der Waals surface area contributed by atoms with Gasteiger partial charge in [0.25, 0.3) is 0 Å². The lowest BCUT2D eigenvalue weighted by atomic mass is 10.1. The van der Waals surface area contributed by atoms with Gasteiger partial charge in [-0.2, -0.15) is 0 Å². The van der Waals surface area contributed by atoms with Crippen molar-refractivity contribution in [1.29, 1.82) is 0 Å². The van der Waals surface area contributed by atoms with Gasteiger partial charge >= 0.3 is 0 Å². The van der Waals surface area contributed by atoms with Crippen molar-refractivity contribution >= 4 is 15.9 Å². The first-order valence-corrected chi connectivity index (χ1v) is 3.37. The largest absolute Gasteiger partial charge is 0.394 e. The smallest absolute Gasteiger partial charge is 0.0720 e. The number of hydrogen-bond acceptors (Lipinski definition) is 3. The van der Waals surface area contributed by atoms with Gasteiger partial charge in [-0.1, -0.05) is 15.9 Å². The van der Waals surface area contributed by atoms with E-state index in [1.54, 1.807) is 0 Å². The van der Waals surface area contributed by atoms with Crippen LogP contribution in [-0.4, -0.2) is 34.3 Å². The molecular weight excluding hydrogens is 174 g/mol. The normalized spacial score (nSPS) is 12.0. The van der Waals surface area contributed by atoms with Gasteiger partial charge in [0.05, 0.1) is 18.8 Å². The van der Waals surface area contributed by atoms with Crippen LogP contribution in [0.2, 0.25) is 0 Å². The molecule has 0 heterocycles. The van der Waals surface area contributed by atoms with E-state index in [-0.39, 0.29) is 13.2 Å². The van der Waals surface area contributed by atoms with Gasteiger partial charge in [0.15, 0.2) is 0 Å². The summed E-state index contributed by atoms with van der Waals surface area (Å²) in [6.45, 7) is -0.399. The molecule has 0 aromatic heterocycles. The molecule has 0 aliphatic carbocycles. The van der Waals surface area contributed by atoms with Crippen LogP contribution in [0, 0.1) is 0 Å². The fourth-order valence-electron chi connectivity index (χ4n) is 0.135. The van der Waals surface area contributed by atoms with Crippen LogP contribution in [0.3, 0.4) is 0 Å². The Morgan fingerprint density at radius 3 is 1.75 bits per heavy atom. The molecule has 0 aliphatic heterocycles. The van der Waals surface area contributed by atoms with Crippen molar-refractivity contribution in [2.75, 3.05) is 18.5 Å². The van der Waals surface area contributed by atoms with Gasteiger partial charge in [-0.3, -0.25) is 0 Å². The third-order valence-corrected chi connectivity index (χ3v) is 2.01. The van der Waals surface area contributed by atoms with Gasteiger partial charge in [0.2, 0.25) is 0 Å². The first-order valence-electron chi connectivity index (χ1n) is 2.25. The average molecular weight is 184 g/mol. The Balaban J connectivity index is 3.58. The molecule has 0 bridgehead atoms. The van der Waals surface area contributed by atoms with Crippen LogP contribution in [0.15, 0.2) is 0 Å². The summed E-state index contributed by atoms with van der Waals surface area (Å²) in [4.78, 5) is 0. The molecule has 0 amide bonds. The van der Waals surface area contributed by atoms with Crippen molar-refractivity contribution in [3.63, 3.8) is 0 Å². The van der Waals surface area contributed by atoms with E-state index in [0.29, 0.717) is 5.33 Å². The maximum Gasteiger partial charge on any atom is 0.0720 e. The zero-order valence-corrected chi connectivity index (χ0v) is 6.06. The van der Waals surface area contributed by atoms with E-state index >= 15 is 0 Å². The summed E-state index contributed by atoms with van der Waals surface area (Å²) < 4.78 is 0. The molecule has 0 aromatic rings. The zero-order valence-electron chi connectivity index (χ0n) is 4.47. The number of nitrogens with two attached hydrogens (primary N) is 1. The van der Waals surface area contributed by atoms with Crippen molar-refractivity contribution in [2.45, 2.75) is 5.54 Å². The summed E-state index contributed by atoms with van der Waals surface area (Å²) in [6.07, 6.45) is 0. The van der Waals surface area contributed by atoms with Gasteiger partial charge in [-0.25, -0.2) is 0 Å². The highest BCUT2D eigenvalue weighted by Crippen LogP contribution is 2.01. The van der Waals surface area contributed by atoms with E-state index in [1.807, 2.05) is 0 Å². The predicted octanol–water partition coefficient (Wildman–Crippen LogP) is -0.937. The molecular formula is C4H10BrNO2. The monoisotopic (exact) mass is 183 g/mol. The summed E-state index contributed by atoms with van der Waals surface area (Å²) >= 11 is 3.05. The van der Waals surface area contributed by atoms with Crippen LogP contribution < -0.4 is 5.73 Å². The summed E-state index contributed by atoms with van der Waals surface area (Å²) in [5, 5.41) is 17.4. The van der Waals surface area contributed by atoms with Crippen molar-refractivity contribution in [1.82, 2.24) is 0 Å². The number of aliphatic hydroxyl groups is 2. The van der Waals surface area contributed by atoms with Crippen LogP contribution in [-0.2, 0) is 0 Å². The molecule has 0 atom stereocenters. The third kappa shape index (κ3) is 2.09. The van der Waals surface area contributed by atoms with Crippen LogP contribution in [0.5, 0.6) is 0 Å². The molecule has 0 spiro atoms. The lowest BCUT2D eigenvalue weighted by Gasteiger charge is -2.20. The minimum atomic E-state index is -0.847. The van der Waals surface area contributed by atoms with Gasteiger partial charge in [0, 0.05) is 5.33 Å². The summed E-state index contributed by atoms with van der Waals surface area (Å²) in [7, 11) is 0. The van der Waals surface area contributed by atoms with Crippen LogP contribution in [0.1, 0.15) is 0 Å². The molecule has 0 radical (unpaired) electrons. The molecule has 4 heteroatoms. The number of halogens is 1. The van der Waals surface area contributed by atoms with Gasteiger partial charge < -0.3 is 15.9 Å². The molecule has 0 saturated carbocycles. The number of rotatable bonds is 3. The van der Waals surface area contributed by atoms with Gasteiger partial charge in [-0.05, 0) is 0 Å². The second kappa shape index (κ2) is 3.40. The predicted molar refractivity (Wildman–Crippen MR) is 34.9 cm³/mol. The van der Waals surface area contributed by atoms with Crippen molar-refractivity contribution in [3.8, 4) is 0 Å². The standard InChI is InChI=1S/C4H10BrNO2/c5-1-4(6,2-7)3-8/h7-8H,1-3,6H2. The molecule has 0 aromatic carbocycles. The third-order valence-electron chi connectivity index (χ3n) is 0.896. The van der Waals surface area contributed by atoms with Crippen molar-refractivity contribution < 1.29 is 10.2 Å². The highest BCUT2D eigenvalue weighted by molar-refractivity contribution is 9.09. The Morgan fingerprint density at radius 1 is 1.38 bits per heavy atom. The molecule has 0 rings (SSSR count). The molecule has 0 aliphatic rings. The fraction of sp³-hybridized carbons (Fsp3) is 1.00.